The van der Waals surface area contributed by atoms with Crippen molar-refractivity contribution >= 4 is 29.6 Å². The number of fused-ring (bicyclic) bond motifs is 1. The summed E-state index contributed by atoms with van der Waals surface area (Å²) in [6.07, 6.45) is 8.70. The van der Waals surface area contributed by atoms with E-state index in [4.69, 9.17) is 0 Å². The second-order valence-electron chi connectivity index (χ2n) is 8.77. The Bertz CT molecular complexity index is 1240. The Labute approximate surface area is 213 Å². The van der Waals surface area contributed by atoms with Crippen molar-refractivity contribution < 1.29 is 0 Å². The lowest BCUT2D eigenvalue weighted by molar-refractivity contribution is 0.781. The van der Waals surface area contributed by atoms with Gasteiger partial charge in [0.25, 0.3) is 0 Å². The first-order valence-corrected chi connectivity index (χ1v) is 12.2. The van der Waals surface area contributed by atoms with E-state index in [-0.39, 0.29) is 6.85 Å². The monoisotopic (exact) mass is 463 g/mol. The number of nitrogens with zero attached hydrogens (tertiary/aromatic N) is 3. The van der Waals surface area contributed by atoms with E-state index in [0.29, 0.717) is 0 Å². The normalized spacial score (nSPS) is 14.1. The van der Waals surface area contributed by atoms with Gasteiger partial charge < -0.3 is 14.6 Å². The lowest BCUT2D eigenvalue weighted by atomic mass is 9.57. The van der Waals surface area contributed by atoms with Crippen LogP contribution < -0.4 is 9.80 Å². The van der Waals surface area contributed by atoms with Crippen molar-refractivity contribution in [3.8, 4) is 0 Å². The van der Waals surface area contributed by atoms with Crippen molar-refractivity contribution in [2.45, 2.75) is 0 Å². The highest BCUT2D eigenvalue weighted by molar-refractivity contribution is 6.68. The quantitative estimate of drug-likeness (QED) is 0.270. The van der Waals surface area contributed by atoms with E-state index < -0.39 is 0 Å². The highest BCUT2D eigenvalue weighted by Gasteiger charge is 2.27. The highest BCUT2D eigenvalue weighted by atomic mass is 15.2. The van der Waals surface area contributed by atoms with Gasteiger partial charge in [-0.15, -0.1) is 0 Å². The zero-order valence-corrected chi connectivity index (χ0v) is 19.9. The van der Waals surface area contributed by atoms with E-state index >= 15 is 0 Å². The molecule has 0 unspecified atom stereocenters. The third-order valence-corrected chi connectivity index (χ3v) is 6.44. The fraction of sp³-hybridized carbons (Fsp3) is 0. The van der Waals surface area contributed by atoms with Gasteiger partial charge in [-0.1, -0.05) is 84.7 Å². The van der Waals surface area contributed by atoms with Crippen LogP contribution in [0.2, 0.25) is 0 Å². The third-order valence-electron chi connectivity index (χ3n) is 6.44. The van der Waals surface area contributed by atoms with Crippen LogP contribution in [0.1, 0.15) is 0 Å². The summed E-state index contributed by atoms with van der Waals surface area (Å²) >= 11 is 0. The molecule has 0 spiro atoms. The van der Waals surface area contributed by atoms with E-state index in [2.05, 4.69) is 172 Å². The predicted molar refractivity (Wildman–Crippen MR) is 152 cm³/mol. The molecule has 4 heteroatoms. The van der Waals surface area contributed by atoms with Gasteiger partial charge in [-0.05, 0) is 73.1 Å². The molecule has 2 heterocycles. The average molecular weight is 463 g/mol. The molecule has 0 radical (unpaired) electrons. The minimum Gasteiger partial charge on any atom is -0.390 e. The Morgan fingerprint density at radius 3 is 1.03 bits per heavy atom. The van der Waals surface area contributed by atoms with Gasteiger partial charge in [-0.3, -0.25) is 0 Å². The average Bonchev–Trinajstić information content (AvgIpc) is 2.96. The standard InChI is InChI=1S/C32H26BN3/c1-5-13-27(14-6-1)35(28-15-7-2-8-16-28)31-21-23-34-24-22-32(26-33(34)25-31)36(29-17-9-3-10-18-29)30-19-11-4-12-20-30/h1-26H. The van der Waals surface area contributed by atoms with Crippen molar-refractivity contribution in [2.75, 3.05) is 9.80 Å². The number of allylic oxidation sites excluding steroid dienone is 2. The van der Waals surface area contributed by atoms with Crippen LogP contribution in [0.5, 0.6) is 0 Å². The van der Waals surface area contributed by atoms with E-state index in [9.17, 15) is 0 Å². The summed E-state index contributed by atoms with van der Waals surface area (Å²) in [4.78, 5) is 6.87. The van der Waals surface area contributed by atoms with Crippen molar-refractivity contribution in [3.05, 3.63) is 169 Å². The molecule has 172 valence electrons. The van der Waals surface area contributed by atoms with E-state index in [1.807, 2.05) is 0 Å². The van der Waals surface area contributed by atoms with Gasteiger partial charge >= 0.3 is 6.85 Å². The molecule has 0 N–H and O–H groups in total. The third kappa shape index (κ3) is 4.37. The summed E-state index contributed by atoms with van der Waals surface area (Å²) < 4.78 is 0. The summed E-state index contributed by atoms with van der Waals surface area (Å²) in [6.45, 7) is 0.0925. The Hall–Kier alpha value is -4.70. The Morgan fingerprint density at radius 1 is 0.417 bits per heavy atom. The first kappa shape index (κ1) is 21.8. The van der Waals surface area contributed by atoms with Crippen LogP contribution in [0, 0.1) is 0 Å². The van der Waals surface area contributed by atoms with E-state index in [1.54, 1.807) is 0 Å². The second kappa shape index (κ2) is 9.89. The van der Waals surface area contributed by atoms with Gasteiger partial charge in [0, 0.05) is 34.1 Å². The molecule has 2 aliphatic heterocycles. The number of anilines is 4. The first-order valence-electron chi connectivity index (χ1n) is 12.2. The van der Waals surface area contributed by atoms with Crippen LogP contribution in [0.3, 0.4) is 0 Å². The fourth-order valence-electron chi connectivity index (χ4n) is 4.76. The summed E-state index contributed by atoms with van der Waals surface area (Å²) in [6, 6.07) is 42.2. The molecule has 4 aromatic carbocycles. The molecule has 0 saturated heterocycles. The Balaban J connectivity index is 1.41. The smallest absolute Gasteiger partial charge is 0.316 e. The van der Waals surface area contributed by atoms with Crippen LogP contribution in [-0.2, 0) is 0 Å². The molecule has 0 saturated carbocycles. The van der Waals surface area contributed by atoms with Crippen LogP contribution in [0.15, 0.2) is 169 Å². The predicted octanol–water partition coefficient (Wildman–Crippen LogP) is 7.86. The molecular formula is C32H26BN3. The lowest BCUT2D eigenvalue weighted by Crippen LogP contribution is -2.36. The number of hydrogen-bond acceptors (Lipinski definition) is 3. The Morgan fingerprint density at radius 2 is 0.722 bits per heavy atom. The summed E-state index contributed by atoms with van der Waals surface area (Å²) in [5.74, 6) is 4.66. The summed E-state index contributed by atoms with van der Waals surface area (Å²) in [5, 5.41) is 0. The van der Waals surface area contributed by atoms with Gasteiger partial charge in [0.15, 0.2) is 0 Å². The largest absolute Gasteiger partial charge is 0.390 e. The van der Waals surface area contributed by atoms with Crippen molar-refractivity contribution in [1.82, 2.24) is 4.81 Å². The maximum Gasteiger partial charge on any atom is 0.316 e. The van der Waals surface area contributed by atoms with Gasteiger partial charge in [0.05, 0.1) is 0 Å². The number of hydrogen-bond donors (Lipinski definition) is 0. The van der Waals surface area contributed by atoms with Crippen molar-refractivity contribution in [2.24, 2.45) is 0 Å². The topological polar surface area (TPSA) is 9.72 Å². The molecule has 0 amide bonds. The van der Waals surface area contributed by atoms with Crippen LogP contribution >= 0.6 is 0 Å². The Kier molecular flexibility index (Phi) is 5.99. The lowest BCUT2D eigenvalue weighted by Gasteiger charge is -2.35. The van der Waals surface area contributed by atoms with Gasteiger partial charge in [0.1, 0.15) is 0 Å². The maximum absolute atomic E-state index is 2.33. The molecule has 2 aliphatic rings. The van der Waals surface area contributed by atoms with Crippen LogP contribution in [0.25, 0.3) is 0 Å². The summed E-state index contributed by atoms with van der Waals surface area (Å²) in [7, 11) is 0. The molecule has 0 aromatic heterocycles. The zero-order valence-electron chi connectivity index (χ0n) is 19.9. The number of rotatable bonds is 6. The van der Waals surface area contributed by atoms with Crippen molar-refractivity contribution in [3.63, 3.8) is 0 Å². The van der Waals surface area contributed by atoms with Crippen molar-refractivity contribution in [1.29, 1.82) is 0 Å². The number of benzene rings is 4. The van der Waals surface area contributed by atoms with E-state index in [1.165, 1.54) is 0 Å². The maximum atomic E-state index is 2.33. The minimum atomic E-state index is 0.0925. The second-order valence-corrected chi connectivity index (χ2v) is 8.77. The van der Waals surface area contributed by atoms with Gasteiger partial charge in [0.2, 0.25) is 0 Å². The first-order chi connectivity index (χ1) is 17.9. The molecule has 6 rings (SSSR count). The highest BCUT2D eigenvalue weighted by Crippen LogP contribution is 2.35. The number of para-hydroxylation sites is 4. The molecule has 36 heavy (non-hydrogen) atoms. The molecule has 4 aromatic rings. The molecule has 0 atom stereocenters. The minimum absolute atomic E-state index is 0.0925. The van der Waals surface area contributed by atoms with Crippen LogP contribution in [-0.4, -0.2) is 11.7 Å². The zero-order chi connectivity index (χ0) is 24.2. The molecular weight excluding hydrogens is 437 g/mol. The molecule has 0 aliphatic carbocycles. The fourth-order valence-corrected chi connectivity index (χ4v) is 4.76. The molecule has 3 nitrogen and oxygen atoms in total. The van der Waals surface area contributed by atoms with Gasteiger partial charge in [-0.25, -0.2) is 0 Å². The molecule has 0 bridgehead atoms. The van der Waals surface area contributed by atoms with E-state index in [0.717, 1.165) is 34.1 Å². The summed E-state index contributed by atoms with van der Waals surface area (Å²) in [5.41, 5.74) is 6.84. The SMILES string of the molecule is C1=CN2C=CC(N(c3ccccc3)c3ccccc3)=CB2C=C1N(c1ccccc1)c1ccccc1. The van der Waals surface area contributed by atoms with Crippen LogP contribution in [0.4, 0.5) is 22.7 Å². The molecule has 0 fully saturated rings. The van der Waals surface area contributed by atoms with Gasteiger partial charge in [-0.2, -0.15) is 0 Å².